The molecule has 2 N–H and O–H groups in total. The van der Waals surface area contributed by atoms with E-state index in [4.69, 9.17) is 41.7 Å². The number of hydrogen-bond acceptors (Lipinski definition) is 11. The lowest BCUT2D eigenvalue weighted by Gasteiger charge is -2.19. The molecule has 0 saturated heterocycles. The van der Waals surface area contributed by atoms with Gasteiger partial charge in [-0.05, 0) is 78.2 Å². The van der Waals surface area contributed by atoms with Crippen LogP contribution in [0.15, 0.2) is 97.1 Å². The zero-order valence-corrected chi connectivity index (χ0v) is 28.5. The van der Waals surface area contributed by atoms with E-state index >= 15 is 0 Å². The Morgan fingerprint density at radius 2 is 1.23 bits per heavy atom. The van der Waals surface area contributed by atoms with E-state index in [1.54, 1.807) is 20.4 Å². The van der Waals surface area contributed by atoms with Crippen molar-refractivity contribution in [2.45, 2.75) is 0 Å². The number of nitrogens with one attached hydrogen (secondary N) is 2. The van der Waals surface area contributed by atoms with Crippen molar-refractivity contribution in [3.8, 4) is 28.6 Å². The third kappa shape index (κ3) is 8.59. The standard InChI is InChI=1S/C17H16N3O2PS.C13H11N2O6PS/c1-21-23(2,24)22-12-7-8-15-13(10-12)17(20-19-15)16-9-11-5-3-4-6-14(11)18-16;1-22(23,20-12-6-2-10(3-7-12)14(16)17)21-13-8-4-11(5-9-13)15(18)19/h3-10,18H,1-2H3,(H,19,20);2-9H,1H3. The monoisotopic (exact) mass is 711 g/mol. The van der Waals surface area contributed by atoms with Crippen molar-refractivity contribution in [1.29, 1.82) is 0 Å². The van der Waals surface area contributed by atoms with Crippen LogP contribution in [0.5, 0.6) is 17.2 Å². The van der Waals surface area contributed by atoms with E-state index in [1.807, 2.05) is 36.4 Å². The van der Waals surface area contributed by atoms with Crippen LogP contribution >= 0.6 is 13.0 Å². The summed E-state index contributed by atoms with van der Waals surface area (Å²) in [5, 5.41) is 30.8. The Kier molecular flexibility index (Phi) is 10.0. The molecule has 6 rings (SSSR count). The molecular weight excluding hydrogens is 684 g/mol. The highest BCUT2D eigenvalue weighted by Crippen LogP contribution is 2.46. The normalized spacial score (nSPS) is 12.5. The topological polar surface area (TPSA) is 168 Å². The van der Waals surface area contributed by atoms with Crippen LogP contribution in [-0.4, -0.2) is 45.5 Å². The maximum Gasteiger partial charge on any atom is 0.284 e. The van der Waals surface area contributed by atoms with Gasteiger partial charge in [0.1, 0.15) is 22.9 Å². The lowest BCUT2D eigenvalue weighted by atomic mass is 10.1. The van der Waals surface area contributed by atoms with Crippen molar-refractivity contribution in [1.82, 2.24) is 15.2 Å². The van der Waals surface area contributed by atoms with Gasteiger partial charge in [0, 0.05) is 61.0 Å². The summed E-state index contributed by atoms with van der Waals surface area (Å²) in [6.45, 7) is -1.60. The van der Waals surface area contributed by atoms with Crippen molar-refractivity contribution >= 4 is 69.8 Å². The van der Waals surface area contributed by atoms with Gasteiger partial charge in [0.2, 0.25) is 6.49 Å². The van der Waals surface area contributed by atoms with Gasteiger partial charge in [-0.15, -0.1) is 0 Å². The first-order valence-corrected chi connectivity index (χ1v) is 19.8. The zero-order chi connectivity index (χ0) is 33.8. The Bertz CT molecular complexity index is 2070. The smallest absolute Gasteiger partial charge is 0.284 e. The fraction of sp³-hybridized carbons (Fsp3) is 0.100. The highest BCUT2D eigenvalue weighted by molar-refractivity contribution is 8.10. The van der Waals surface area contributed by atoms with E-state index in [2.05, 4.69) is 27.3 Å². The number of nitro groups is 2. The van der Waals surface area contributed by atoms with E-state index in [-0.39, 0.29) is 11.4 Å². The lowest BCUT2D eigenvalue weighted by molar-refractivity contribution is -0.385. The minimum absolute atomic E-state index is 0.0574. The first-order valence-electron chi connectivity index (χ1n) is 13.7. The van der Waals surface area contributed by atoms with Crippen molar-refractivity contribution < 1.29 is 27.9 Å². The Labute approximate surface area is 278 Å². The van der Waals surface area contributed by atoms with Gasteiger partial charge in [-0.1, -0.05) is 18.2 Å². The molecule has 1 atom stereocenters. The summed E-state index contributed by atoms with van der Waals surface area (Å²) in [7, 11) is 1.58. The van der Waals surface area contributed by atoms with Crippen molar-refractivity contribution in [3.63, 3.8) is 0 Å². The number of H-pyrrole nitrogens is 2. The maximum absolute atomic E-state index is 10.6. The summed E-state index contributed by atoms with van der Waals surface area (Å²) in [6, 6.07) is 26.9. The number of nitro benzene ring substituents is 2. The number of aromatic amines is 2. The van der Waals surface area contributed by atoms with E-state index in [0.717, 1.165) is 33.2 Å². The molecule has 0 aliphatic heterocycles. The fourth-order valence-electron chi connectivity index (χ4n) is 4.34. The van der Waals surface area contributed by atoms with Gasteiger partial charge in [-0.3, -0.25) is 25.3 Å². The molecule has 0 fully saturated rings. The number of para-hydroxylation sites is 1. The Morgan fingerprint density at radius 3 is 1.77 bits per heavy atom. The molecule has 47 heavy (non-hydrogen) atoms. The zero-order valence-electron chi connectivity index (χ0n) is 25.1. The number of non-ortho nitro benzene ring substituents is 2. The SMILES string of the molecule is COP(C)(=S)Oc1ccc2[nH]nc(-c3cc4ccccc4[nH]3)c2c1.CP(=S)(Oc1ccc([N+](=O)[O-])cc1)Oc1ccc([N+](=O)[O-])cc1. The quantitative estimate of drug-likeness (QED) is 0.0793. The van der Waals surface area contributed by atoms with Crippen molar-refractivity contribution in [2.75, 3.05) is 20.4 Å². The molecule has 0 spiro atoms. The summed E-state index contributed by atoms with van der Waals surface area (Å²) in [5.74, 6) is 1.39. The summed E-state index contributed by atoms with van der Waals surface area (Å²) in [5.41, 5.74) is 3.73. The van der Waals surface area contributed by atoms with Crippen LogP contribution in [-0.2, 0) is 28.1 Å². The second-order valence-corrected chi connectivity index (χ2v) is 18.0. The molecule has 1 unspecified atom stereocenters. The van der Waals surface area contributed by atoms with E-state index in [0.29, 0.717) is 17.2 Å². The summed E-state index contributed by atoms with van der Waals surface area (Å²) in [4.78, 5) is 23.6. The number of aromatic nitrogens is 3. The molecule has 0 bridgehead atoms. The molecule has 17 heteroatoms. The molecule has 4 aromatic carbocycles. The van der Waals surface area contributed by atoms with Gasteiger partial charge in [-0.25, -0.2) is 0 Å². The van der Waals surface area contributed by atoms with Crippen molar-refractivity contribution in [2.24, 2.45) is 0 Å². The van der Waals surface area contributed by atoms with Gasteiger partial charge in [0.05, 0.1) is 21.1 Å². The molecule has 6 aromatic rings. The van der Waals surface area contributed by atoms with Gasteiger partial charge in [0.15, 0.2) is 0 Å². The molecule has 0 aliphatic rings. The molecule has 242 valence electrons. The second kappa shape index (κ2) is 14.0. The Morgan fingerprint density at radius 1 is 0.702 bits per heavy atom. The molecule has 2 aromatic heterocycles. The van der Waals surface area contributed by atoms with Gasteiger partial charge in [0.25, 0.3) is 17.9 Å². The Balaban J connectivity index is 0.000000185. The predicted molar refractivity (Wildman–Crippen MR) is 189 cm³/mol. The third-order valence-corrected chi connectivity index (χ3v) is 9.97. The van der Waals surface area contributed by atoms with Crippen LogP contribution in [0.4, 0.5) is 11.4 Å². The highest BCUT2D eigenvalue weighted by Gasteiger charge is 2.18. The van der Waals surface area contributed by atoms with Crippen LogP contribution in [0.2, 0.25) is 0 Å². The highest BCUT2D eigenvalue weighted by atomic mass is 32.5. The average molecular weight is 712 g/mol. The van der Waals surface area contributed by atoms with E-state index < -0.39 is 22.8 Å². The summed E-state index contributed by atoms with van der Waals surface area (Å²) in [6.07, 6.45) is 0. The minimum Gasteiger partial charge on any atom is -0.444 e. The molecule has 0 radical (unpaired) electrons. The van der Waals surface area contributed by atoms with Crippen LogP contribution < -0.4 is 13.6 Å². The summed E-state index contributed by atoms with van der Waals surface area (Å²) < 4.78 is 22.2. The number of benzene rings is 4. The number of rotatable bonds is 10. The molecular formula is C30H27N5O8P2S2. The van der Waals surface area contributed by atoms with Crippen molar-refractivity contribution in [3.05, 3.63) is 117 Å². The molecule has 2 heterocycles. The minimum atomic E-state index is -2.72. The third-order valence-electron chi connectivity index (χ3n) is 6.56. The molecule has 0 aliphatic carbocycles. The van der Waals surface area contributed by atoms with E-state index in [9.17, 15) is 20.2 Å². The number of hydrogen-bond donors (Lipinski definition) is 2. The molecule has 0 amide bonds. The molecule has 0 saturated carbocycles. The lowest BCUT2D eigenvalue weighted by Crippen LogP contribution is -1.99. The molecule has 13 nitrogen and oxygen atoms in total. The average Bonchev–Trinajstić information content (AvgIpc) is 3.65. The predicted octanol–water partition coefficient (Wildman–Crippen LogP) is 8.58. The largest absolute Gasteiger partial charge is 0.444 e. The first kappa shape index (κ1) is 33.7. The fourth-order valence-corrected chi connectivity index (χ4v) is 6.74. The van der Waals surface area contributed by atoms with E-state index in [1.165, 1.54) is 48.5 Å². The maximum atomic E-state index is 10.6. The Hall–Kier alpha value is -4.65. The van der Waals surface area contributed by atoms with Crippen LogP contribution in [0.25, 0.3) is 33.2 Å². The van der Waals surface area contributed by atoms with Crippen LogP contribution in [0.1, 0.15) is 0 Å². The first-order chi connectivity index (χ1) is 22.3. The summed E-state index contributed by atoms with van der Waals surface area (Å²) >= 11 is 10.6. The van der Waals surface area contributed by atoms with Crippen LogP contribution in [0, 0.1) is 20.2 Å². The number of fused-ring (bicyclic) bond motifs is 2. The van der Waals surface area contributed by atoms with Gasteiger partial charge in [-0.2, -0.15) is 5.10 Å². The van der Waals surface area contributed by atoms with Gasteiger partial charge < -0.3 is 23.1 Å². The second-order valence-electron chi connectivity index (χ2n) is 10.1. The van der Waals surface area contributed by atoms with Crippen LogP contribution in [0.3, 0.4) is 0 Å². The number of nitrogens with zero attached hydrogens (tertiary/aromatic N) is 3. The van der Waals surface area contributed by atoms with Gasteiger partial charge >= 0.3 is 0 Å².